The van der Waals surface area contributed by atoms with Crippen LogP contribution in [0, 0.1) is 11.3 Å². The number of Topliss-reactive ketones (excluding diaryl/α,β-unsaturated/α-hetero) is 1. The summed E-state index contributed by atoms with van der Waals surface area (Å²) in [5.74, 6) is 0.109. The number of nitriles is 1. The van der Waals surface area contributed by atoms with Crippen molar-refractivity contribution in [2.45, 2.75) is 26.6 Å². The van der Waals surface area contributed by atoms with Gasteiger partial charge in [0.05, 0.1) is 11.6 Å². The minimum atomic E-state index is 0.109. The first-order chi connectivity index (χ1) is 10.2. The Morgan fingerprint density at radius 2 is 2.00 bits per heavy atom. The van der Waals surface area contributed by atoms with E-state index in [4.69, 9.17) is 5.26 Å². The fourth-order valence-electron chi connectivity index (χ4n) is 2.79. The summed E-state index contributed by atoms with van der Waals surface area (Å²) in [5.41, 5.74) is 5.15. The summed E-state index contributed by atoms with van der Waals surface area (Å²) in [4.78, 5) is 13.8. The number of carbonyl (C=O) groups is 1. The van der Waals surface area contributed by atoms with E-state index >= 15 is 0 Å². The Bertz CT molecular complexity index is 743. The van der Waals surface area contributed by atoms with Gasteiger partial charge in [0.1, 0.15) is 0 Å². The molecule has 0 fully saturated rings. The molecular formula is C18H16N2O. The van der Waals surface area contributed by atoms with E-state index in [0.29, 0.717) is 5.56 Å². The first-order valence-corrected chi connectivity index (χ1v) is 7.00. The van der Waals surface area contributed by atoms with E-state index in [1.807, 2.05) is 36.4 Å². The molecule has 0 spiro atoms. The average Bonchev–Trinajstić information content (AvgIpc) is 2.88. The molecule has 0 N–H and O–H groups in total. The lowest BCUT2D eigenvalue weighted by Gasteiger charge is -2.14. The molecule has 2 aromatic rings. The lowest BCUT2D eigenvalue weighted by molar-refractivity contribution is 0.101. The molecule has 2 aromatic carbocycles. The smallest absolute Gasteiger partial charge is 0.159 e. The summed E-state index contributed by atoms with van der Waals surface area (Å²) < 4.78 is 0. The first-order valence-electron chi connectivity index (χ1n) is 7.00. The zero-order valence-corrected chi connectivity index (χ0v) is 12.0. The molecule has 0 saturated heterocycles. The van der Waals surface area contributed by atoms with Crippen molar-refractivity contribution in [3.8, 4) is 6.07 Å². The van der Waals surface area contributed by atoms with Crippen LogP contribution in [-0.4, -0.2) is 10.7 Å². The number of hydrogen-bond donors (Lipinski definition) is 0. The van der Waals surface area contributed by atoms with E-state index in [9.17, 15) is 4.79 Å². The van der Waals surface area contributed by atoms with Crippen LogP contribution in [0.25, 0.3) is 0 Å². The van der Waals surface area contributed by atoms with Crippen LogP contribution < -0.4 is 0 Å². The molecule has 104 valence electrons. The summed E-state index contributed by atoms with van der Waals surface area (Å²) in [6.07, 6.45) is 0. The summed E-state index contributed by atoms with van der Waals surface area (Å²) in [6.45, 7) is 4.17. The quantitative estimate of drug-likeness (QED) is 0.808. The maximum Gasteiger partial charge on any atom is 0.159 e. The second-order valence-electron chi connectivity index (χ2n) is 5.50. The molecule has 1 aliphatic rings. The van der Waals surface area contributed by atoms with Crippen LogP contribution in [0.1, 0.15) is 39.5 Å². The zero-order chi connectivity index (χ0) is 14.8. The minimum absolute atomic E-state index is 0.109. The van der Waals surface area contributed by atoms with Gasteiger partial charge < -0.3 is 0 Å². The van der Waals surface area contributed by atoms with Gasteiger partial charge in [-0.2, -0.15) is 5.26 Å². The third kappa shape index (κ3) is 2.86. The second-order valence-corrected chi connectivity index (χ2v) is 5.50. The van der Waals surface area contributed by atoms with Gasteiger partial charge in [0.2, 0.25) is 0 Å². The van der Waals surface area contributed by atoms with Gasteiger partial charge in [-0.1, -0.05) is 24.3 Å². The largest absolute Gasteiger partial charge is 0.295 e. The maximum absolute atomic E-state index is 11.4. The van der Waals surface area contributed by atoms with Crippen molar-refractivity contribution in [1.29, 1.82) is 5.26 Å². The van der Waals surface area contributed by atoms with Crippen molar-refractivity contribution >= 4 is 5.78 Å². The van der Waals surface area contributed by atoms with Crippen LogP contribution in [0.3, 0.4) is 0 Å². The first kappa shape index (κ1) is 13.5. The lowest BCUT2D eigenvalue weighted by Crippen LogP contribution is -2.15. The van der Waals surface area contributed by atoms with Gasteiger partial charge in [-0.25, -0.2) is 0 Å². The van der Waals surface area contributed by atoms with E-state index in [1.165, 1.54) is 11.1 Å². The number of fused-ring (bicyclic) bond motifs is 1. The van der Waals surface area contributed by atoms with Crippen LogP contribution >= 0.6 is 0 Å². The Hall–Kier alpha value is -2.44. The molecule has 0 radical (unpaired) electrons. The van der Waals surface area contributed by atoms with Crippen LogP contribution in [0.15, 0.2) is 42.5 Å². The molecule has 3 rings (SSSR count). The second kappa shape index (κ2) is 5.51. The molecule has 0 atom stereocenters. The van der Waals surface area contributed by atoms with E-state index in [1.54, 1.807) is 6.92 Å². The van der Waals surface area contributed by atoms with Crippen LogP contribution in [0.5, 0.6) is 0 Å². The number of benzene rings is 2. The van der Waals surface area contributed by atoms with Gasteiger partial charge in [0, 0.05) is 25.2 Å². The molecule has 0 saturated carbocycles. The highest BCUT2D eigenvalue weighted by Gasteiger charge is 2.19. The number of hydrogen-bond acceptors (Lipinski definition) is 3. The van der Waals surface area contributed by atoms with Crippen LogP contribution in [-0.2, 0) is 19.6 Å². The van der Waals surface area contributed by atoms with Gasteiger partial charge in [0.15, 0.2) is 5.78 Å². The fourth-order valence-corrected chi connectivity index (χ4v) is 2.79. The molecule has 0 bridgehead atoms. The standard InChI is InChI=1S/C18H16N2O/c1-13(21)16-5-6-17-11-20(12-18(17)8-16)10-15-4-2-3-14(7-15)9-19/h2-8H,10-12H2,1H3. The molecule has 1 heterocycles. The fraction of sp³-hybridized carbons (Fsp3) is 0.222. The Balaban J connectivity index is 1.75. The molecule has 0 aliphatic carbocycles. The SMILES string of the molecule is CC(=O)c1ccc2c(c1)CN(Cc1cccc(C#N)c1)C2. The summed E-state index contributed by atoms with van der Waals surface area (Å²) in [7, 11) is 0. The van der Waals surface area contributed by atoms with Crippen molar-refractivity contribution in [2.75, 3.05) is 0 Å². The zero-order valence-electron chi connectivity index (χ0n) is 12.0. The summed E-state index contributed by atoms with van der Waals surface area (Å²) >= 11 is 0. The Morgan fingerprint density at radius 1 is 1.19 bits per heavy atom. The Labute approximate surface area is 124 Å². The molecule has 3 heteroatoms. The highest BCUT2D eigenvalue weighted by atomic mass is 16.1. The van der Waals surface area contributed by atoms with Gasteiger partial charge in [-0.3, -0.25) is 9.69 Å². The maximum atomic E-state index is 11.4. The van der Waals surface area contributed by atoms with Crippen molar-refractivity contribution in [3.63, 3.8) is 0 Å². The number of nitrogens with zero attached hydrogens (tertiary/aromatic N) is 2. The number of ketones is 1. The van der Waals surface area contributed by atoms with E-state index in [2.05, 4.69) is 17.0 Å². The van der Waals surface area contributed by atoms with Crippen molar-refractivity contribution in [1.82, 2.24) is 4.90 Å². The van der Waals surface area contributed by atoms with E-state index in [-0.39, 0.29) is 5.78 Å². The third-order valence-corrected chi connectivity index (χ3v) is 3.86. The van der Waals surface area contributed by atoms with E-state index in [0.717, 1.165) is 30.8 Å². The molecule has 21 heavy (non-hydrogen) atoms. The summed E-state index contributed by atoms with van der Waals surface area (Å²) in [6, 6.07) is 15.9. The van der Waals surface area contributed by atoms with Gasteiger partial charge in [-0.05, 0) is 41.8 Å². The topological polar surface area (TPSA) is 44.1 Å². The average molecular weight is 276 g/mol. The van der Waals surface area contributed by atoms with Crippen molar-refractivity contribution in [2.24, 2.45) is 0 Å². The third-order valence-electron chi connectivity index (χ3n) is 3.86. The Morgan fingerprint density at radius 3 is 2.76 bits per heavy atom. The highest BCUT2D eigenvalue weighted by Crippen LogP contribution is 2.25. The van der Waals surface area contributed by atoms with Gasteiger partial charge in [-0.15, -0.1) is 0 Å². The monoisotopic (exact) mass is 276 g/mol. The molecular weight excluding hydrogens is 260 g/mol. The molecule has 3 nitrogen and oxygen atoms in total. The molecule has 0 aromatic heterocycles. The minimum Gasteiger partial charge on any atom is -0.295 e. The van der Waals surface area contributed by atoms with Crippen LogP contribution in [0.4, 0.5) is 0 Å². The van der Waals surface area contributed by atoms with Crippen molar-refractivity contribution in [3.05, 3.63) is 70.3 Å². The van der Waals surface area contributed by atoms with E-state index < -0.39 is 0 Å². The number of rotatable bonds is 3. The Kier molecular flexibility index (Phi) is 3.55. The van der Waals surface area contributed by atoms with Gasteiger partial charge in [0.25, 0.3) is 0 Å². The molecule has 0 amide bonds. The van der Waals surface area contributed by atoms with Crippen molar-refractivity contribution < 1.29 is 4.79 Å². The lowest BCUT2D eigenvalue weighted by atomic mass is 10.0. The highest BCUT2D eigenvalue weighted by molar-refractivity contribution is 5.94. The molecule has 1 aliphatic heterocycles. The number of carbonyl (C=O) groups excluding carboxylic acids is 1. The van der Waals surface area contributed by atoms with Gasteiger partial charge >= 0.3 is 0 Å². The molecule has 0 unspecified atom stereocenters. The normalized spacial score (nSPS) is 13.7. The van der Waals surface area contributed by atoms with Crippen LogP contribution in [0.2, 0.25) is 0 Å². The summed E-state index contributed by atoms with van der Waals surface area (Å²) in [5, 5.41) is 8.95. The predicted octanol–water partition coefficient (Wildman–Crippen LogP) is 3.28. The predicted molar refractivity (Wildman–Crippen MR) is 80.6 cm³/mol.